The lowest BCUT2D eigenvalue weighted by Crippen LogP contribution is -2.13. The average molecular weight is 263 g/mol. The van der Waals surface area contributed by atoms with Gasteiger partial charge in [0.25, 0.3) is 5.91 Å². The largest absolute Gasteiger partial charge is 0.508 e. The Bertz CT molecular complexity index is 643. The molecule has 0 bridgehead atoms. The maximum absolute atomic E-state index is 13.4. The molecule has 0 heterocycles. The van der Waals surface area contributed by atoms with Gasteiger partial charge >= 0.3 is 0 Å². The summed E-state index contributed by atoms with van der Waals surface area (Å²) in [7, 11) is 0. The van der Waals surface area contributed by atoms with E-state index in [4.69, 9.17) is 5.11 Å². The van der Waals surface area contributed by atoms with Crippen molar-refractivity contribution in [3.63, 3.8) is 0 Å². The highest BCUT2D eigenvalue weighted by atomic mass is 19.1. The molecule has 0 unspecified atom stereocenters. The van der Waals surface area contributed by atoms with E-state index < -0.39 is 23.2 Å². The first-order chi connectivity index (χ1) is 8.99. The van der Waals surface area contributed by atoms with E-state index >= 15 is 0 Å². The van der Waals surface area contributed by atoms with Crippen LogP contribution in [0.5, 0.6) is 17.2 Å². The maximum Gasteiger partial charge on any atom is 0.259 e. The summed E-state index contributed by atoms with van der Waals surface area (Å²) in [5.74, 6) is -2.89. The molecule has 1 amide bonds. The number of phenolic OH excluding ortho intramolecular Hbond substituents is 3. The summed E-state index contributed by atoms with van der Waals surface area (Å²) in [6.07, 6.45) is 0. The van der Waals surface area contributed by atoms with Crippen molar-refractivity contribution in [2.24, 2.45) is 0 Å². The summed E-state index contributed by atoms with van der Waals surface area (Å²) < 4.78 is 13.4. The summed E-state index contributed by atoms with van der Waals surface area (Å²) in [6.45, 7) is 0. The van der Waals surface area contributed by atoms with Crippen LogP contribution in [-0.4, -0.2) is 21.2 Å². The van der Waals surface area contributed by atoms with Gasteiger partial charge in [0.1, 0.15) is 11.6 Å². The van der Waals surface area contributed by atoms with Gasteiger partial charge in [0.2, 0.25) is 0 Å². The molecule has 0 saturated carbocycles. The molecule has 98 valence electrons. The second-order valence-electron chi connectivity index (χ2n) is 3.79. The Hall–Kier alpha value is -2.76. The Balaban J connectivity index is 2.28. The number of carbonyl (C=O) groups excluding carboxylic acids is 1. The van der Waals surface area contributed by atoms with Gasteiger partial charge in [-0.25, -0.2) is 4.39 Å². The second kappa shape index (κ2) is 4.85. The molecule has 19 heavy (non-hydrogen) atoms. The minimum Gasteiger partial charge on any atom is -0.508 e. The van der Waals surface area contributed by atoms with Crippen LogP contribution in [0, 0.1) is 5.82 Å². The highest BCUT2D eigenvalue weighted by Crippen LogP contribution is 2.29. The van der Waals surface area contributed by atoms with E-state index in [0.717, 1.165) is 6.07 Å². The molecule has 6 heteroatoms. The van der Waals surface area contributed by atoms with Gasteiger partial charge < -0.3 is 20.6 Å². The Morgan fingerprint density at radius 3 is 2.53 bits per heavy atom. The van der Waals surface area contributed by atoms with Crippen molar-refractivity contribution in [3.8, 4) is 17.2 Å². The van der Waals surface area contributed by atoms with Crippen molar-refractivity contribution < 1.29 is 24.5 Å². The van der Waals surface area contributed by atoms with Gasteiger partial charge in [0.05, 0.1) is 11.3 Å². The van der Waals surface area contributed by atoms with Gasteiger partial charge in [-0.3, -0.25) is 4.79 Å². The van der Waals surface area contributed by atoms with Gasteiger partial charge in [-0.05, 0) is 24.3 Å². The molecule has 0 fully saturated rings. The third-order valence-electron chi connectivity index (χ3n) is 2.46. The number of hydrogen-bond acceptors (Lipinski definition) is 4. The van der Waals surface area contributed by atoms with Gasteiger partial charge in [0, 0.05) is 6.07 Å². The maximum atomic E-state index is 13.4. The zero-order chi connectivity index (χ0) is 14.0. The highest BCUT2D eigenvalue weighted by Gasteiger charge is 2.15. The number of hydrogen-bond donors (Lipinski definition) is 4. The molecular formula is C13H10FNO4. The molecule has 2 aromatic rings. The molecule has 2 rings (SSSR count). The number of amides is 1. The minimum atomic E-state index is -0.812. The number of carbonyl (C=O) groups is 1. The molecule has 2 aromatic carbocycles. The van der Waals surface area contributed by atoms with E-state index in [0.29, 0.717) is 0 Å². The van der Waals surface area contributed by atoms with Crippen LogP contribution in [0.15, 0.2) is 36.4 Å². The molecule has 0 aliphatic rings. The molecule has 0 aliphatic carbocycles. The van der Waals surface area contributed by atoms with Crippen LogP contribution in [0.4, 0.5) is 10.1 Å². The minimum absolute atomic E-state index is 0.148. The molecule has 4 N–H and O–H groups in total. The summed E-state index contributed by atoms with van der Waals surface area (Å²) in [5.41, 5.74) is -0.335. The first-order valence-corrected chi connectivity index (χ1v) is 5.30. The Morgan fingerprint density at radius 1 is 1.11 bits per heavy atom. The van der Waals surface area contributed by atoms with Crippen molar-refractivity contribution in [2.75, 3.05) is 5.32 Å². The van der Waals surface area contributed by atoms with Crippen molar-refractivity contribution in [1.82, 2.24) is 0 Å². The number of phenols is 3. The standard InChI is InChI=1S/C13H10FNO4/c14-9-6-7(16)4-5-10(9)15-13(19)8-2-1-3-11(17)12(8)18/h1-6,16-18H,(H,15,19). The van der Waals surface area contributed by atoms with E-state index in [9.17, 15) is 19.4 Å². The predicted octanol–water partition coefficient (Wildman–Crippen LogP) is 2.19. The fourth-order valence-corrected chi connectivity index (χ4v) is 1.51. The van der Waals surface area contributed by atoms with Crippen molar-refractivity contribution in [2.45, 2.75) is 0 Å². The van der Waals surface area contributed by atoms with E-state index in [2.05, 4.69) is 5.32 Å². The number of para-hydroxylation sites is 1. The lowest BCUT2D eigenvalue weighted by molar-refractivity contribution is 0.102. The summed E-state index contributed by atoms with van der Waals surface area (Å²) in [4.78, 5) is 11.8. The fraction of sp³-hybridized carbons (Fsp3) is 0. The average Bonchev–Trinajstić information content (AvgIpc) is 2.36. The number of aromatic hydroxyl groups is 3. The molecule has 0 atom stereocenters. The zero-order valence-corrected chi connectivity index (χ0v) is 9.59. The van der Waals surface area contributed by atoms with Crippen molar-refractivity contribution in [3.05, 3.63) is 47.8 Å². The molecular weight excluding hydrogens is 253 g/mol. The molecule has 0 aliphatic heterocycles. The van der Waals surface area contributed by atoms with Crippen molar-refractivity contribution in [1.29, 1.82) is 0 Å². The zero-order valence-electron chi connectivity index (χ0n) is 9.59. The van der Waals surface area contributed by atoms with E-state index in [1.54, 1.807) is 0 Å². The van der Waals surface area contributed by atoms with Gasteiger partial charge in [-0.1, -0.05) is 6.07 Å². The van der Waals surface area contributed by atoms with Crippen LogP contribution in [0.25, 0.3) is 0 Å². The fourth-order valence-electron chi connectivity index (χ4n) is 1.51. The normalized spacial score (nSPS) is 10.2. The third kappa shape index (κ3) is 2.57. The van der Waals surface area contributed by atoms with Gasteiger partial charge in [-0.2, -0.15) is 0 Å². The predicted molar refractivity (Wildman–Crippen MR) is 65.8 cm³/mol. The quantitative estimate of drug-likeness (QED) is 0.494. The number of anilines is 1. The summed E-state index contributed by atoms with van der Waals surface area (Å²) >= 11 is 0. The summed E-state index contributed by atoms with van der Waals surface area (Å²) in [6, 6.07) is 7.11. The molecule has 5 nitrogen and oxygen atoms in total. The SMILES string of the molecule is O=C(Nc1ccc(O)cc1F)c1cccc(O)c1O. The Labute approximate surface area is 107 Å². The number of rotatable bonds is 2. The topological polar surface area (TPSA) is 89.8 Å². The Kier molecular flexibility index (Phi) is 3.24. The van der Waals surface area contributed by atoms with E-state index in [1.807, 2.05) is 0 Å². The first kappa shape index (κ1) is 12.7. The lowest BCUT2D eigenvalue weighted by Gasteiger charge is -2.08. The van der Waals surface area contributed by atoms with Crippen LogP contribution >= 0.6 is 0 Å². The number of halogens is 1. The van der Waals surface area contributed by atoms with Crippen LogP contribution in [0.2, 0.25) is 0 Å². The Morgan fingerprint density at radius 2 is 1.84 bits per heavy atom. The molecule has 0 radical (unpaired) electrons. The molecule has 0 spiro atoms. The van der Waals surface area contributed by atoms with Crippen LogP contribution in [0.3, 0.4) is 0 Å². The van der Waals surface area contributed by atoms with E-state index in [1.165, 1.54) is 30.3 Å². The molecule has 0 aromatic heterocycles. The second-order valence-corrected chi connectivity index (χ2v) is 3.79. The van der Waals surface area contributed by atoms with Crippen LogP contribution < -0.4 is 5.32 Å². The number of benzene rings is 2. The third-order valence-corrected chi connectivity index (χ3v) is 2.46. The van der Waals surface area contributed by atoms with Gasteiger partial charge in [-0.15, -0.1) is 0 Å². The monoisotopic (exact) mass is 263 g/mol. The number of nitrogens with one attached hydrogen (secondary N) is 1. The van der Waals surface area contributed by atoms with Crippen LogP contribution in [-0.2, 0) is 0 Å². The highest BCUT2D eigenvalue weighted by molar-refractivity contribution is 6.06. The smallest absolute Gasteiger partial charge is 0.259 e. The lowest BCUT2D eigenvalue weighted by atomic mass is 10.1. The molecule has 0 saturated heterocycles. The summed E-state index contributed by atoms with van der Waals surface area (Å²) in [5, 5.41) is 30.1. The van der Waals surface area contributed by atoms with E-state index in [-0.39, 0.29) is 17.0 Å². The van der Waals surface area contributed by atoms with Crippen molar-refractivity contribution >= 4 is 11.6 Å². The van der Waals surface area contributed by atoms with Gasteiger partial charge in [0.15, 0.2) is 11.5 Å². The first-order valence-electron chi connectivity index (χ1n) is 5.30. The van der Waals surface area contributed by atoms with Crippen LogP contribution in [0.1, 0.15) is 10.4 Å².